The van der Waals surface area contributed by atoms with Crippen LogP contribution in [0.5, 0.6) is 0 Å². The highest BCUT2D eigenvalue weighted by Gasteiger charge is 2.16. The van der Waals surface area contributed by atoms with E-state index in [1.54, 1.807) is 6.07 Å². The van der Waals surface area contributed by atoms with Gasteiger partial charge in [-0.25, -0.2) is 4.79 Å². The van der Waals surface area contributed by atoms with Crippen molar-refractivity contribution in [2.45, 2.75) is 13.5 Å². The highest BCUT2D eigenvalue weighted by Crippen LogP contribution is 2.35. The van der Waals surface area contributed by atoms with Crippen molar-refractivity contribution in [3.63, 3.8) is 0 Å². The Bertz CT molecular complexity index is 1460. The summed E-state index contributed by atoms with van der Waals surface area (Å²) in [6.07, 6.45) is 1.37. The molecule has 0 spiro atoms. The van der Waals surface area contributed by atoms with Crippen molar-refractivity contribution >= 4 is 50.1 Å². The fourth-order valence-electron chi connectivity index (χ4n) is 4.05. The fraction of sp³-hybridized carbons (Fsp3) is 0.143. The molecule has 5 rings (SSSR count). The molecule has 0 atom stereocenters. The first kappa shape index (κ1) is 16.4. The third-order valence-electron chi connectivity index (χ3n) is 5.24. The summed E-state index contributed by atoms with van der Waals surface area (Å²) in [5.41, 5.74) is 4.88. The van der Waals surface area contributed by atoms with Gasteiger partial charge in [-0.15, -0.1) is 0 Å². The van der Waals surface area contributed by atoms with Gasteiger partial charge in [0.25, 0.3) is 5.56 Å². The Labute approximate surface area is 159 Å². The van der Waals surface area contributed by atoms with Crippen molar-refractivity contribution in [2.75, 3.05) is 12.4 Å². The number of rotatable bonds is 2. The van der Waals surface area contributed by atoms with E-state index in [0.717, 1.165) is 39.4 Å². The van der Waals surface area contributed by atoms with Crippen LogP contribution < -0.4 is 10.9 Å². The summed E-state index contributed by atoms with van der Waals surface area (Å²) in [5.74, 6) is 0. The second kappa shape index (κ2) is 5.88. The molecule has 28 heavy (non-hydrogen) atoms. The van der Waals surface area contributed by atoms with Crippen LogP contribution in [-0.2, 0) is 11.3 Å². The molecular formula is C21H18N4O3. The van der Waals surface area contributed by atoms with Gasteiger partial charge in [0, 0.05) is 34.7 Å². The average Bonchev–Trinajstić information content (AvgIpc) is 3.31. The van der Waals surface area contributed by atoms with E-state index in [-0.39, 0.29) is 5.56 Å². The Morgan fingerprint density at radius 3 is 2.68 bits per heavy atom. The minimum atomic E-state index is -0.522. The van der Waals surface area contributed by atoms with E-state index in [1.807, 2.05) is 40.9 Å². The molecule has 140 valence electrons. The molecule has 0 unspecified atom stereocenters. The summed E-state index contributed by atoms with van der Waals surface area (Å²) >= 11 is 0. The van der Waals surface area contributed by atoms with Crippen LogP contribution >= 0.6 is 0 Å². The largest absolute Gasteiger partial charge is 0.453 e. The van der Waals surface area contributed by atoms with Crippen molar-refractivity contribution in [2.24, 2.45) is 0 Å². The molecule has 2 N–H and O–H groups in total. The quantitative estimate of drug-likeness (QED) is 0.488. The second-order valence-electron chi connectivity index (χ2n) is 6.66. The third kappa shape index (κ3) is 2.16. The number of ether oxygens (including phenoxy) is 1. The Hall–Kier alpha value is -3.74. The third-order valence-corrected chi connectivity index (χ3v) is 5.24. The van der Waals surface area contributed by atoms with Crippen molar-refractivity contribution in [3.8, 4) is 0 Å². The molecule has 0 saturated carbocycles. The van der Waals surface area contributed by atoms with Crippen molar-refractivity contribution in [3.05, 3.63) is 59.0 Å². The molecule has 0 aliphatic carbocycles. The molecule has 5 aromatic rings. The summed E-state index contributed by atoms with van der Waals surface area (Å²) in [7, 11) is 1.33. The first-order valence-corrected chi connectivity index (χ1v) is 9.05. The molecule has 3 aromatic heterocycles. The normalized spacial score (nSPS) is 11.6. The van der Waals surface area contributed by atoms with E-state index in [9.17, 15) is 9.59 Å². The molecule has 0 fully saturated rings. The number of anilines is 1. The van der Waals surface area contributed by atoms with Gasteiger partial charge in [0.05, 0.1) is 23.7 Å². The van der Waals surface area contributed by atoms with Gasteiger partial charge in [-0.05, 0) is 49.4 Å². The summed E-state index contributed by atoms with van der Waals surface area (Å²) in [5, 5.41) is 4.62. The van der Waals surface area contributed by atoms with Crippen LogP contribution in [0, 0.1) is 0 Å². The Balaban J connectivity index is 1.95. The minimum Gasteiger partial charge on any atom is -0.453 e. The fourth-order valence-corrected chi connectivity index (χ4v) is 4.05. The van der Waals surface area contributed by atoms with E-state index in [2.05, 4.69) is 27.9 Å². The topological polar surface area (TPSA) is 80.5 Å². The number of hydrogen-bond donors (Lipinski definition) is 2. The first-order chi connectivity index (χ1) is 13.6. The van der Waals surface area contributed by atoms with E-state index in [4.69, 9.17) is 4.74 Å². The number of H-pyrrole nitrogens is 1. The number of carbonyl (C=O) groups is 1. The van der Waals surface area contributed by atoms with E-state index in [0.29, 0.717) is 11.2 Å². The maximum absolute atomic E-state index is 12.6. The predicted molar refractivity (Wildman–Crippen MR) is 110 cm³/mol. The number of hydrogen-bond acceptors (Lipinski definition) is 3. The lowest BCUT2D eigenvalue weighted by Gasteiger charge is -2.06. The Morgan fingerprint density at radius 1 is 1.11 bits per heavy atom. The van der Waals surface area contributed by atoms with Crippen LogP contribution in [0.15, 0.2) is 53.5 Å². The van der Waals surface area contributed by atoms with Gasteiger partial charge in [0.2, 0.25) is 0 Å². The lowest BCUT2D eigenvalue weighted by atomic mass is 10.1. The number of methoxy groups -OCH3 is 1. The zero-order valence-electron chi connectivity index (χ0n) is 15.4. The van der Waals surface area contributed by atoms with E-state index in [1.165, 1.54) is 7.11 Å². The number of nitrogens with zero attached hydrogens (tertiary/aromatic N) is 2. The molecule has 0 saturated heterocycles. The molecule has 3 heterocycles. The van der Waals surface area contributed by atoms with E-state index < -0.39 is 6.09 Å². The summed E-state index contributed by atoms with van der Waals surface area (Å²) in [4.78, 5) is 27.3. The monoisotopic (exact) mass is 374 g/mol. The zero-order chi connectivity index (χ0) is 19.4. The molecule has 7 nitrogen and oxygen atoms in total. The van der Waals surface area contributed by atoms with Gasteiger partial charge in [-0.2, -0.15) is 0 Å². The van der Waals surface area contributed by atoms with Gasteiger partial charge in [0.1, 0.15) is 5.52 Å². The second-order valence-corrected chi connectivity index (χ2v) is 6.66. The zero-order valence-corrected chi connectivity index (χ0v) is 15.4. The number of nitrogens with one attached hydrogen (secondary N) is 2. The minimum absolute atomic E-state index is 0.133. The lowest BCUT2D eigenvalue weighted by molar-refractivity contribution is 0.187. The van der Waals surface area contributed by atoms with Crippen molar-refractivity contribution in [1.82, 2.24) is 14.0 Å². The molecule has 0 radical (unpaired) electrons. The highest BCUT2D eigenvalue weighted by molar-refractivity contribution is 6.19. The number of fused-ring (bicyclic) bond motifs is 7. The Morgan fingerprint density at radius 2 is 1.89 bits per heavy atom. The standard InChI is InChI=1S/C21H18N4O3/c1-3-24-14-7-6-12(22-21(27)28-2)11-13(14)18-15(24)8-9-16-19(18)23-20(26)17-5-4-10-25(16)17/h4-11H,3H2,1-2H3,(H,22,27)(H,23,26). The maximum Gasteiger partial charge on any atom is 0.411 e. The van der Waals surface area contributed by atoms with Crippen molar-refractivity contribution < 1.29 is 9.53 Å². The SMILES string of the molecule is CCn1c2ccc(NC(=O)OC)cc2c2c3[nH]c(=O)c4cccn4c3ccc21. The number of amides is 1. The highest BCUT2D eigenvalue weighted by atomic mass is 16.5. The summed E-state index contributed by atoms with van der Waals surface area (Å²) in [6, 6.07) is 13.5. The van der Waals surface area contributed by atoms with Crippen LogP contribution in [0.2, 0.25) is 0 Å². The smallest absolute Gasteiger partial charge is 0.411 e. The number of benzene rings is 2. The summed E-state index contributed by atoms with van der Waals surface area (Å²) < 4.78 is 8.80. The number of aryl methyl sites for hydroxylation is 1. The predicted octanol–water partition coefficient (Wildman–Crippen LogP) is 4.09. The summed E-state index contributed by atoms with van der Waals surface area (Å²) in [6.45, 7) is 2.87. The molecule has 2 aromatic carbocycles. The van der Waals surface area contributed by atoms with E-state index >= 15 is 0 Å². The van der Waals surface area contributed by atoms with Crippen molar-refractivity contribution in [1.29, 1.82) is 0 Å². The molecular weight excluding hydrogens is 356 g/mol. The number of aromatic nitrogens is 3. The average molecular weight is 374 g/mol. The van der Waals surface area contributed by atoms with Crippen LogP contribution in [0.1, 0.15) is 6.92 Å². The molecule has 1 amide bonds. The first-order valence-electron chi connectivity index (χ1n) is 9.05. The van der Waals surface area contributed by atoms with Crippen LogP contribution in [-0.4, -0.2) is 27.2 Å². The molecule has 0 aliphatic heterocycles. The van der Waals surface area contributed by atoms with Gasteiger partial charge in [0.15, 0.2) is 0 Å². The van der Waals surface area contributed by atoms with Gasteiger partial charge in [-0.1, -0.05) is 0 Å². The van der Waals surface area contributed by atoms with Crippen LogP contribution in [0.3, 0.4) is 0 Å². The maximum atomic E-state index is 12.6. The van der Waals surface area contributed by atoms with Gasteiger partial charge >= 0.3 is 6.09 Å². The van der Waals surface area contributed by atoms with Gasteiger partial charge < -0.3 is 18.7 Å². The molecule has 0 aliphatic rings. The van der Waals surface area contributed by atoms with Crippen LogP contribution in [0.4, 0.5) is 10.5 Å². The molecule has 0 bridgehead atoms. The number of carbonyl (C=O) groups excluding carboxylic acids is 1. The Kier molecular flexibility index (Phi) is 3.45. The lowest BCUT2D eigenvalue weighted by Crippen LogP contribution is -2.10. The van der Waals surface area contributed by atoms with Gasteiger partial charge in [-0.3, -0.25) is 10.1 Å². The molecule has 7 heteroatoms. The van der Waals surface area contributed by atoms with Crippen LogP contribution in [0.25, 0.3) is 38.4 Å². The number of aromatic amines is 1.